The number of guanidine groups is 1. The molecule has 0 amide bonds. The molecule has 2 heterocycles. The van der Waals surface area contributed by atoms with Crippen LogP contribution in [0.1, 0.15) is 44.5 Å². The zero-order valence-electron chi connectivity index (χ0n) is 17.7. The number of nitrogens with one attached hydrogen (secondary N) is 2. The van der Waals surface area contributed by atoms with Gasteiger partial charge in [-0.15, -0.1) is 11.3 Å². The third-order valence-corrected chi connectivity index (χ3v) is 5.99. The second kappa shape index (κ2) is 13.1. The van der Waals surface area contributed by atoms with E-state index in [2.05, 4.69) is 53.8 Å². The van der Waals surface area contributed by atoms with Crippen LogP contribution in [0.3, 0.4) is 0 Å². The molecule has 6 nitrogen and oxygen atoms in total. The number of rotatable bonds is 11. The Labute approximate surface area is 174 Å². The molecule has 1 saturated heterocycles. The van der Waals surface area contributed by atoms with E-state index in [1.54, 1.807) is 0 Å². The lowest BCUT2D eigenvalue weighted by atomic mass is 9.94. The highest BCUT2D eigenvalue weighted by atomic mass is 32.1. The fraction of sp³-hybridized carbons (Fsp3) is 0.762. The van der Waals surface area contributed by atoms with Crippen LogP contribution < -0.4 is 10.6 Å². The van der Waals surface area contributed by atoms with E-state index in [1.807, 2.05) is 11.3 Å². The highest BCUT2D eigenvalue weighted by Gasteiger charge is 2.23. The van der Waals surface area contributed by atoms with Gasteiger partial charge in [0.05, 0.1) is 19.3 Å². The minimum absolute atomic E-state index is 0.231. The molecule has 1 aromatic rings. The zero-order chi connectivity index (χ0) is 20.2. The van der Waals surface area contributed by atoms with E-state index in [0.717, 1.165) is 64.7 Å². The number of thiophene rings is 1. The number of morpholine rings is 1. The van der Waals surface area contributed by atoms with Gasteiger partial charge in [0.15, 0.2) is 5.96 Å². The van der Waals surface area contributed by atoms with E-state index in [-0.39, 0.29) is 6.61 Å². The Bertz CT molecular complexity index is 545. The molecule has 2 atom stereocenters. The molecule has 1 aliphatic heterocycles. The van der Waals surface area contributed by atoms with Gasteiger partial charge in [-0.2, -0.15) is 0 Å². The van der Waals surface area contributed by atoms with Crippen molar-refractivity contribution in [3.63, 3.8) is 0 Å². The minimum atomic E-state index is 0.231. The largest absolute Gasteiger partial charge is 0.396 e. The number of ether oxygens (including phenoxy) is 1. The number of hydrogen-bond donors (Lipinski definition) is 3. The molecule has 0 saturated carbocycles. The Kier molecular flexibility index (Phi) is 10.9. The first-order valence-electron chi connectivity index (χ1n) is 10.6. The van der Waals surface area contributed by atoms with Crippen LogP contribution in [0.5, 0.6) is 0 Å². The lowest BCUT2D eigenvalue weighted by Crippen LogP contribution is -2.46. The first-order chi connectivity index (χ1) is 13.6. The molecule has 2 rings (SSSR count). The fourth-order valence-corrected chi connectivity index (χ4v) is 4.53. The lowest BCUT2D eigenvalue weighted by molar-refractivity contribution is 0.0177. The van der Waals surface area contributed by atoms with Crippen molar-refractivity contribution in [3.05, 3.63) is 22.4 Å². The maximum absolute atomic E-state index is 9.35. The highest BCUT2D eigenvalue weighted by molar-refractivity contribution is 7.10. The molecule has 1 aliphatic rings. The molecule has 0 aliphatic carbocycles. The minimum Gasteiger partial charge on any atom is -0.396 e. The summed E-state index contributed by atoms with van der Waals surface area (Å²) in [5.41, 5.74) is 0. The molecule has 3 N–H and O–H groups in total. The van der Waals surface area contributed by atoms with E-state index >= 15 is 0 Å². The standard InChI is InChI=1S/C21H38N4O2S/c1-4-22-21(23-15-18(7-10-26)14-17(2)3)24-16-19(20-6-5-13-28-20)25-8-11-27-12-9-25/h5-6,13,17-19,26H,4,7-12,14-16H2,1-3H3,(H2,22,23,24). The maximum atomic E-state index is 9.35. The van der Waals surface area contributed by atoms with E-state index < -0.39 is 0 Å². The molecule has 2 unspecified atom stereocenters. The molecule has 0 radical (unpaired) electrons. The topological polar surface area (TPSA) is 69.1 Å². The van der Waals surface area contributed by atoms with E-state index in [4.69, 9.17) is 9.73 Å². The predicted octanol–water partition coefficient (Wildman–Crippen LogP) is 2.72. The summed E-state index contributed by atoms with van der Waals surface area (Å²) >= 11 is 1.81. The molecule has 0 aromatic carbocycles. The monoisotopic (exact) mass is 410 g/mol. The van der Waals surface area contributed by atoms with Gasteiger partial charge in [-0.05, 0) is 43.0 Å². The Morgan fingerprint density at radius 2 is 2.11 bits per heavy atom. The zero-order valence-corrected chi connectivity index (χ0v) is 18.5. The van der Waals surface area contributed by atoms with Gasteiger partial charge in [0.25, 0.3) is 0 Å². The normalized spacial score (nSPS) is 18.2. The third-order valence-electron chi connectivity index (χ3n) is 5.01. The lowest BCUT2D eigenvalue weighted by Gasteiger charge is -2.34. The number of nitrogens with zero attached hydrogens (tertiary/aromatic N) is 2. The number of hydrogen-bond acceptors (Lipinski definition) is 5. The van der Waals surface area contributed by atoms with Crippen molar-refractivity contribution >= 4 is 17.3 Å². The second-order valence-electron chi connectivity index (χ2n) is 7.79. The molecule has 1 fully saturated rings. The summed E-state index contributed by atoms with van der Waals surface area (Å²) < 4.78 is 5.54. The predicted molar refractivity (Wildman–Crippen MR) is 118 cm³/mol. The van der Waals surface area contributed by atoms with Gasteiger partial charge in [-0.3, -0.25) is 9.89 Å². The molecular weight excluding hydrogens is 372 g/mol. The molecule has 7 heteroatoms. The average Bonchev–Trinajstić information content (AvgIpc) is 3.21. The van der Waals surface area contributed by atoms with E-state index in [9.17, 15) is 5.11 Å². The summed E-state index contributed by atoms with van der Waals surface area (Å²) in [6, 6.07) is 4.67. The highest BCUT2D eigenvalue weighted by Crippen LogP contribution is 2.25. The third kappa shape index (κ3) is 8.07. The summed E-state index contributed by atoms with van der Waals surface area (Å²) in [6.07, 6.45) is 1.90. The molecule has 0 bridgehead atoms. The summed E-state index contributed by atoms with van der Waals surface area (Å²) in [5.74, 6) is 1.91. The summed E-state index contributed by atoms with van der Waals surface area (Å²) in [6.45, 7) is 12.7. The van der Waals surface area contributed by atoms with Gasteiger partial charge in [0.1, 0.15) is 0 Å². The van der Waals surface area contributed by atoms with Crippen molar-refractivity contribution in [2.24, 2.45) is 16.8 Å². The first kappa shape index (κ1) is 23.1. The Balaban J connectivity index is 1.99. The van der Waals surface area contributed by atoms with Crippen LogP contribution in [0.4, 0.5) is 0 Å². The van der Waals surface area contributed by atoms with Crippen LogP contribution in [0, 0.1) is 11.8 Å². The SMILES string of the molecule is CCNC(=NCC(CCO)CC(C)C)NCC(c1cccs1)N1CCOCC1. The van der Waals surface area contributed by atoms with Crippen LogP contribution in [0.25, 0.3) is 0 Å². The molecular formula is C21H38N4O2S. The summed E-state index contributed by atoms with van der Waals surface area (Å²) in [5, 5.41) is 18.4. The van der Waals surface area contributed by atoms with Crippen LogP contribution in [-0.4, -0.2) is 68.5 Å². The maximum Gasteiger partial charge on any atom is 0.191 e. The van der Waals surface area contributed by atoms with Crippen LogP contribution in [-0.2, 0) is 4.74 Å². The van der Waals surface area contributed by atoms with Crippen molar-refractivity contribution in [1.82, 2.24) is 15.5 Å². The van der Waals surface area contributed by atoms with Gasteiger partial charge >= 0.3 is 0 Å². The summed E-state index contributed by atoms with van der Waals surface area (Å²) in [4.78, 5) is 8.70. The Hall–Kier alpha value is -1.15. The first-order valence-corrected chi connectivity index (χ1v) is 11.5. The van der Waals surface area contributed by atoms with Crippen molar-refractivity contribution in [2.45, 2.75) is 39.7 Å². The smallest absolute Gasteiger partial charge is 0.191 e. The van der Waals surface area contributed by atoms with Gasteiger partial charge in [0.2, 0.25) is 0 Å². The fourth-order valence-electron chi connectivity index (χ4n) is 3.67. The second-order valence-corrected chi connectivity index (χ2v) is 8.77. The molecule has 1 aromatic heterocycles. The average molecular weight is 411 g/mol. The van der Waals surface area contributed by atoms with Gasteiger partial charge in [-0.25, -0.2) is 0 Å². The number of aliphatic imine (C=N–C) groups is 1. The van der Waals surface area contributed by atoms with Crippen molar-refractivity contribution in [2.75, 3.05) is 52.5 Å². The quantitative estimate of drug-likeness (QED) is 0.387. The van der Waals surface area contributed by atoms with E-state index in [1.165, 1.54) is 4.88 Å². The Morgan fingerprint density at radius 1 is 1.32 bits per heavy atom. The van der Waals surface area contributed by atoms with Gasteiger partial charge in [-0.1, -0.05) is 19.9 Å². The molecule has 0 spiro atoms. The van der Waals surface area contributed by atoms with E-state index in [0.29, 0.717) is 17.9 Å². The molecule has 160 valence electrons. The van der Waals surface area contributed by atoms with Crippen LogP contribution >= 0.6 is 11.3 Å². The van der Waals surface area contributed by atoms with Gasteiger partial charge in [0, 0.05) is 44.2 Å². The van der Waals surface area contributed by atoms with Crippen LogP contribution in [0.2, 0.25) is 0 Å². The number of aliphatic hydroxyl groups is 1. The summed E-state index contributed by atoms with van der Waals surface area (Å²) in [7, 11) is 0. The molecule has 28 heavy (non-hydrogen) atoms. The number of aliphatic hydroxyl groups excluding tert-OH is 1. The van der Waals surface area contributed by atoms with Crippen molar-refractivity contribution in [3.8, 4) is 0 Å². The van der Waals surface area contributed by atoms with Crippen molar-refractivity contribution < 1.29 is 9.84 Å². The van der Waals surface area contributed by atoms with Crippen LogP contribution in [0.15, 0.2) is 22.5 Å². The van der Waals surface area contributed by atoms with Gasteiger partial charge < -0.3 is 20.5 Å². The van der Waals surface area contributed by atoms with Crippen molar-refractivity contribution in [1.29, 1.82) is 0 Å². The Morgan fingerprint density at radius 3 is 2.71 bits per heavy atom.